The number of aromatic amines is 1. The third-order valence-electron chi connectivity index (χ3n) is 5.62. The Morgan fingerprint density at radius 1 is 1.16 bits per heavy atom. The molecule has 162 valence electrons. The fraction of sp³-hybridized carbons (Fsp3) is 0.318. The summed E-state index contributed by atoms with van der Waals surface area (Å²) in [6.07, 6.45) is 7.64. The molecule has 1 atom stereocenters. The van der Waals surface area contributed by atoms with Crippen molar-refractivity contribution < 1.29 is 17.6 Å². The minimum absolute atomic E-state index is 0.0644. The van der Waals surface area contributed by atoms with E-state index in [4.69, 9.17) is 0 Å². The summed E-state index contributed by atoms with van der Waals surface area (Å²) >= 11 is 0. The zero-order valence-corrected chi connectivity index (χ0v) is 17.9. The maximum atomic E-state index is 13.2. The maximum Gasteiger partial charge on any atom is 0.238 e. The van der Waals surface area contributed by atoms with E-state index in [0.29, 0.717) is 13.0 Å². The van der Waals surface area contributed by atoms with Crippen molar-refractivity contribution >= 4 is 15.7 Å². The topological polar surface area (TPSA) is 96.0 Å². The van der Waals surface area contributed by atoms with Crippen LogP contribution < -0.4 is 0 Å². The number of pyridine rings is 1. The number of carbonyl (C=O) groups excluding carboxylic acids is 1. The highest BCUT2D eigenvalue weighted by molar-refractivity contribution is 7.92. The van der Waals surface area contributed by atoms with Gasteiger partial charge in [0.25, 0.3) is 0 Å². The third kappa shape index (κ3) is 4.36. The number of hydrogen-bond donors (Lipinski definition) is 1. The Bertz CT molecular complexity index is 1190. The molecule has 3 heterocycles. The highest BCUT2D eigenvalue weighted by Crippen LogP contribution is 2.36. The van der Waals surface area contributed by atoms with Gasteiger partial charge < -0.3 is 4.90 Å². The van der Waals surface area contributed by atoms with E-state index in [-0.39, 0.29) is 10.9 Å². The first-order valence-corrected chi connectivity index (χ1v) is 11.7. The van der Waals surface area contributed by atoms with E-state index in [0.717, 1.165) is 47.4 Å². The predicted octanol–water partition coefficient (Wildman–Crippen LogP) is 3.45. The first kappa shape index (κ1) is 21.2. The molecule has 1 fully saturated rings. The van der Waals surface area contributed by atoms with E-state index < -0.39 is 27.3 Å². The van der Waals surface area contributed by atoms with Crippen molar-refractivity contribution in [3.63, 3.8) is 0 Å². The van der Waals surface area contributed by atoms with E-state index >= 15 is 0 Å². The molecule has 1 saturated heterocycles. The molecule has 0 bridgehead atoms. The molecule has 2 aromatic heterocycles. The lowest BCUT2D eigenvalue weighted by Gasteiger charge is -2.35. The summed E-state index contributed by atoms with van der Waals surface area (Å²) < 4.78 is 38.6. The van der Waals surface area contributed by atoms with E-state index in [1.165, 1.54) is 12.1 Å². The second kappa shape index (κ2) is 8.58. The number of piperidine rings is 1. The molecule has 1 unspecified atom stereocenters. The molecule has 4 rings (SSSR count). The van der Waals surface area contributed by atoms with Gasteiger partial charge in [0.2, 0.25) is 5.91 Å². The standard InChI is InChI=1S/C22H23FN4O3S/c1-15-12-24-10-9-18(15)19-13-25-26-22(19)20-4-2-3-11-27(20)21(28)14-31(29,30)17-7-5-16(23)6-8-17/h5-10,12-13,20H,2-4,11,14H2,1H3,(H,25,26). The lowest BCUT2D eigenvalue weighted by atomic mass is 9.93. The van der Waals surface area contributed by atoms with Crippen LogP contribution >= 0.6 is 0 Å². The van der Waals surface area contributed by atoms with Crippen LogP contribution in [0.2, 0.25) is 0 Å². The number of hydrogen-bond acceptors (Lipinski definition) is 5. The fourth-order valence-corrected chi connectivity index (χ4v) is 5.25. The highest BCUT2D eigenvalue weighted by Gasteiger charge is 2.33. The minimum atomic E-state index is -3.88. The van der Waals surface area contributed by atoms with Crippen molar-refractivity contribution in [2.45, 2.75) is 37.1 Å². The molecule has 0 spiro atoms. The summed E-state index contributed by atoms with van der Waals surface area (Å²) in [7, 11) is -3.88. The predicted molar refractivity (Wildman–Crippen MR) is 113 cm³/mol. The highest BCUT2D eigenvalue weighted by atomic mass is 32.2. The smallest absolute Gasteiger partial charge is 0.238 e. The number of aryl methyl sites for hydroxylation is 1. The minimum Gasteiger partial charge on any atom is -0.333 e. The molecule has 1 aromatic carbocycles. The van der Waals surface area contributed by atoms with Gasteiger partial charge in [0.1, 0.15) is 11.6 Å². The molecule has 9 heteroatoms. The van der Waals surface area contributed by atoms with Crippen LogP contribution in [0.1, 0.15) is 36.6 Å². The average molecular weight is 443 g/mol. The molecule has 0 saturated carbocycles. The number of aromatic nitrogens is 3. The monoisotopic (exact) mass is 442 g/mol. The van der Waals surface area contributed by atoms with Crippen molar-refractivity contribution in [1.82, 2.24) is 20.1 Å². The van der Waals surface area contributed by atoms with Crippen LogP contribution in [-0.4, -0.2) is 46.7 Å². The molecular weight excluding hydrogens is 419 g/mol. The number of carbonyl (C=O) groups is 1. The number of nitrogens with one attached hydrogen (secondary N) is 1. The van der Waals surface area contributed by atoms with Crippen LogP contribution in [0.15, 0.2) is 53.8 Å². The molecule has 1 aliphatic heterocycles. The quantitative estimate of drug-likeness (QED) is 0.611. The van der Waals surface area contributed by atoms with Gasteiger partial charge >= 0.3 is 0 Å². The molecule has 0 radical (unpaired) electrons. The Balaban J connectivity index is 1.62. The summed E-state index contributed by atoms with van der Waals surface area (Å²) in [5.74, 6) is -1.66. The van der Waals surface area contributed by atoms with Gasteiger partial charge in [0.05, 0.1) is 22.8 Å². The molecule has 0 aliphatic carbocycles. The Kier molecular flexibility index (Phi) is 5.86. The van der Waals surface area contributed by atoms with Gasteiger partial charge in [-0.1, -0.05) is 0 Å². The molecule has 31 heavy (non-hydrogen) atoms. The van der Waals surface area contributed by atoms with Crippen molar-refractivity contribution in [3.8, 4) is 11.1 Å². The first-order chi connectivity index (χ1) is 14.9. The van der Waals surface area contributed by atoms with Gasteiger partial charge in [-0.05, 0) is 67.6 Å². The fourth-order valence-electron chi connectivity index (χ4n) is 4.04. The Morgan fingerprint density at radius 2 is 1.94 bits per heavy atom. The Hall–Kier alpha value is -3.07. The van der Waals surface area contributed by atoms with Crippen molar-refractivity contribution in [2.75, 3.05) is 12.3 Å². The number of H-pyrrole nitrogens is 1. The van der Waals surface area contributed by atoms with E-state index in [1.807, 2.05) is 13.0 Å². The van der Waals surface area contributed by atoms with E-state index in [1.54, 1.807) is 23.5 Å². The summed E-state index contributed by atoms with van der Waals surface area (Å²) in [5.41, 5.74) is 3.63. The molecule has 1 amide bonds. The van der Waals surface area contributed by atoms with Gasteiger partial charge in [-0.3, -0.25) is 14.9 Å². The van der Waals surface area contributed by atoms with Crippen LogP contribution in [0, 0.1) is 12.7 Å². The van der Waals surface area contributed by atoms with Gasteiger partial charge in [0, 0.05) is 24.5 Å². The number of benzene rings is 1. The Labute approximate surface area is 180 Å². The second-order valence-corrected chi connectivity index (χ2v) is 9.69. The van der Waals surface area contributed by atoms with E-state index in [2.05, 4.69) is 15.2 Å². The van der Waals surface area contributed by atoms with Crippen LogP contribution in [0.5, 0.6) is 0 Å². The largest absolute Gasteiger partial charge is 0.333 e. The number of likely N-dealkylation sites (tertiary alicyclic amines) is 1. The number of nitrogens with zero attached hydrogens (tertiary/aromatic N) is 3. The van der Waals surface area contributed by atoms with Crippen molar-refractivity contribution in [1.29, 1.82) is 0 Å². The van der Waals surface area contributed by atoms with Gasteiger partial charge in [-0.15, -0.1) is 0 Å². The number of halogens is 1. The lowest BCUT2D eigenvalue weighted by Crippen LogP contribution is -2.41. The van der Waals surface area contributed by atoms with Gasteiger partial charge in [-0.25, -0.2) is 12.8 Å². The zero-order chi connectivity index (χ0) is 22.0. The van der Waals surface area contributed by atoms with Crippen LogP contribution in [-0.2, 0) is 14.6 Å². The number of amides is 1. The van der Waals surface area contributed by atoms with Crippen LogP contribution in [0.25, 0.3) is 11.1 Å². The summed E-state index contributed by atoms with van der Waals surface area (Å²) in [6.45, 7) is 2.42. The molecule has 1 aliphatic rings. The normalized spacial score (nSPS) is 17.0. The molecule has 1 N–H and O–H groups in total. The number of rotatable bonds is 5. The summed E-state index contributed by atoms with van der Waals surface area (Å²) in [5, 5.41) is 7.23. The lowest BCUT2D eigenvalue weighted by molar-refractivity contribution is -0.132. The van der Waals surface area contributed by atoms with E-state index in [9.17, 15) is 17.6 Å². The van der Waals surface area contributed by atoms with Gasteiger partial charge in [0.15, 0.2) is 9.84 Å². The van der Waals surface area contributed by atoms with Gasteiger partial charge in [-0.2, -0.15) is 5.10 Å². The van der Waals surface area contributed by atoms with Crippen molar-refractivity contribution in [3.05, 3.63) is 66.0 Å². The van der Waals surface area contributed by atoms with Crippen molar-refractivity contribution in [2.24, 2.45) is 0 Å². The third-order valence-corrected chi connectivity index (χ3v) is 7.24. The SMILES string of the molecule is Cc1cnccc1-c1cn[nH]c1C1CCCCN1C(=O)CS(=O)(=O)c1ccc(F)cc1. The molecule has 7 nitrogen and oxygen atoms in total. The van der Waals surface area contributed by atoms with Crippen LogP contribution in [0.3, 0.4) is 0 Å². The van der Waals surface area contributed by atoms with Crippen LogP contribution in [0.4, 0.5) is 4.39 Å². The molecule has 3 aromatic rings. The summed E-state index contributed by atoms with van der Waals surface area (Å²) in [6, 6.07) is 6.13. The molecular formula is C22H23FN4O3S. The second-order valence-electron chi connectivity index (χ2n) is 7.70. The maximum absolute atomic E-state index is 13.2. The summed E-state index contributed by atoms with van der Waals surface area (Å²) in [4.78, 5) is 18.8. The zero-order valence-electron chi connectivity index (χ0n) is 17.1. The number of sulfone groups is 1. The average Bonchev–Trinajstić information content (AvgIpc) is 3.23. The first-order valence-electron chi connectivity index (χ1n) is 10.1. The Morgan fingerprint density at radius 3 is 2.68 bits per heavy atom.